The van der Waals surface area contributed by atoms with E-state index in [0.29, 0.717) is 6.04 Å². The van der Waals surface area contributed by atoms with Gasteiger partial charge in [-0.3, -0.25) is 10.00 Å². The maximum atomic E-state index is 3.88. The molecule has 1 N–H and O–H groups in total. The Hall–Kier alpha value is -0.830. The van der Waals surface area contributed by atoms with Crippen LogP contribution in [0.3, 0.4) is 0 Å². The normalized spacial score (nSPS) is 11.4. The first kappa shape index (κ1) is 8.27. The molecule has 0 fully saturated rings. The monoisotopic (exact) mass is 153 g/mol. The molecule has 0 saturated carbocycles. The fraction of sp³-hybridized carbons (Fsp3) is 0.625. The van der Waals surface area contributed by atoms with Crippen molar-refractivity contribution >= 4 is 0 Å². The van der Waals surface area contributed by atoms with Gasteiger partial charge < -0.3 is 0 Å². The number of aromatic nitrogens is 2. The van der Waals surface area contributed by atoms with Crippen molar-refractivity contribution in [2.24, 2.45) is 0 Å². The molecule has 3 heteroatoms. The van der Waals surface area contributed by atoms with E-state index >= 15 is 0 Å². The average Bonchev–Trinajstić information content (AvgIpc) is 2.39. The molecule has 0 saturated heterocycles. The van der Waals surface area contributed by atoms with Crippen LogP contribution in [0, 0.1) is 0 Å². The molecule has 1 heterocycles. The van der Waals surface area contributed by atoms with Crippen molar-refractivity contribution in [2.75, 3.05) is 7.05 Å². The molecule has 1 aromatic rings. The van der Waals surface area contributed by atoms with Crippen LogP contribution in [-0.2, 0) is 6.54 Å². The summed E-state index contributed by atoms with van der Waals surface area (Å²) < 4.78 is 0. The molecule has 1 aromatic heterocycles. The Balaban J connectivity index is 2.43. The molecule has 1 rings (SSSR count). The Morgan fingerprint density at radius 2 is 2.36 bits per heavy atom. The molecular formula is C8H15N3. The topological polar surface area (TPSA) is 31.9 Å². The summed E-state index contributed by atoms with van der Waals surface area (Å²) in [5, 5.41) is 6.68. The Morgan fingerprint density at radius 3 is 2.82 bits per heavy atom. The number of hydrogen-bond acceptors (Lipinski definition) is 2. The third-order valence-corrected chi connectivity index (χ3v) is 1.87. The van der Waals surface area contributed by atoms with Gasteiger partial charge >= 0.3 is 0 Å². The van der Waals surface area contributed by atoms with Gasteiger partial charge in [0.25, 0.3) is 0 Å². The molecule has 0 aromatic carbocycles. The minimum atomic E-state index is 0.588. The van der Waals surface area contributed by atoms with Crippen molar-refractivity contribution in [3.05, 3.63) is 18.0 Å². The molecule has 3 nitrogen and oxygen atoms in total. The zero-order valence-electron chi connectivity index (χ0n) is 7.33. The third-order valence-electron chi connectivity index (χ3n) is 1.87. The van der Waals surface area contributed by atoms with E-state index in [9.17, 15) is 0 Å². The van der Waals surface area contributed by atoms with Gasteiger partial charge in [0.2, 0.25) is 0 Å². The highest BCUT2D eigenvalue weighted by molar-refractivity contribution is 5.01. The van der Waals surface area contributed by atoms with Gasteiger partial charge in [0.1, 0.15) is 0 Å². The van der Waals surface area contributed by atoms with E-state index in [-0.39, 0.29) is 0 Å². The van der Waals surface area contributed by atoms with E-state index in [0.717, 1.165) is 6.54 Å². The SMILES string of the molecule is CC(C)N(C)Cc1cn[nH]c1. The van der Waals surface area contributed by atoms with Gasteiger partial charge in [-0.1, -0.05) is 0 Å². The van der Waals surface area contributed by atoms with Gasteiger partial charge in [0, 0.05) is 24.3 Å². The van der Waals surface area contributed by atoms with E-state index in [2.05, 4.69) is 36.0 Å². The second-order valence-electron chi connectivity index (χ2n) is 3.12. The minimum Gasteiger partial charge on any atom is -0.300 e. The second kappa shape index (κ2) is 3.53. The molecule has 0 aliphatic heterocycles. The van der Waals surface area contributed by atoms with Crippen LogP contribution in [0.5, 0.6) is 0 Å². The summed E-state index contributed by atoms with van der Waals surface area (Å²) in [6, 6.07) is 0.588. The number of aromatic amines is 1. The van der Waals surface area contributed by atoms with E-state index in [4.69, 9.17) is 0 Å². The number of nitrogens with zero attached hydrogens (tertiary/aromatic N) is 2. The number of hydrogen-bond donors (Lipinski definition) is 1. The molecule has 11 heavy (non-hydrogen) atoms. The first-order valence-corrected chi connectivity index (χ1v) is 3.88. The molecule has 0 bridgehead atoms. The molecule has 0 aliphatic carbocycles. The van der Waals surface area contributed by atoms with Crippen LogP contribution in [0.1, 0.15) is 19.4 Å². The minimum absolute atomic E-state index is 0.588. The summed E-state index contributed by atoms with van der Waals surface area (Å²) in [6.45, 7) is 5.33. The van der Waals surface area contributed by atoms with E-state index in [1.165, 1.54) is 5.56 Å². The molecule has 0 aliphatic rings. The lowest BCUT2D eigenvalue weighted by Crippen LogP contribution is -2.25. The van der Waals surface area contributed by atoms with Crippen LogP contribution in [0.15, 0.2) is 12.4 Å². The Kier molecular flexibility index (Phi) is 2.65. The van der Waals surface area contributed by atoms with Crippen molar-refractivity contribution in [3.8, 4) is 0 Å². The first-order chi connectivity index (χ1) is 5.20. The molecule has 0 unspecified atom stereocenters. The van der Waals surface area contributed by atoms with Gasteiger partial charge in [0.15, 0.2) is 0 Å². The van der Waals surface area contributed by atoms with Crippen LogP contribution < -0.4 is 0 Å². The van der Waals surface area contributed by atoms with E-state index < -0.39 is 0 Å². The van der Waals surface area contributed by atoms with Crippen LogP contribution in [0.25, 0.3) is 0 Å². The summed E-state index contributed by atoms with van der Waals surface area (Å²) >= 11 is 0. The van der Waals surface area contributed by atoms with E-state index in [1.54, 1.807) is 0 Å². The Bertz CT molecular complexity index is 191. The highest BCUT2D eigenvalue weighted by Gasteiger charge is 2.03. The van der Waals surface area contributed by atoms with Crippen LogP contribution in [-0.4, -0.2) is 28.2 Å². The lowest BCUT2D eigenvalue weighted by atomic mass is 10.3. The third kappa shape index (κ3) is 2.35. The largest absolute Gasteiger partial charge is 0.300 e. The zero-order chi connectivity index (χ0) is 8.27. The molecule has 0 amide bonds. The second-order valence-corrected chi connectivity index (χ2v) is 3.12. The van der Waals surface area contributed by atoms with Gasteiger partial charge in [0.05, 0.1) is 6.20 Å². The van der Waals surface area contributed by atoms with Crippen molar-refractivity contribution < 1.29 is 0 Å². The number of rotatable bonds is 3. The predicted molar refractivity (Wildman–Crippen MR) is 45.2 cm³/mol. The van der Waals surface area contributed by atoms with Crippen LogP contribution in [0.4, 0.5) is 0 Å². The van der Waals surface area contributed by atoms with Gasteiger partial charge in [-0.15, -0.1) is 0 Å². The van der Waals surface area contributed by atoms with Crippen LogP contribution >= 0.6 is 0 Å². The molecule has 0 radical (unpaired) electrons. The lowest BCUT2D eigenvalue weighted by molar-refractivity contribution is 0.266. The fourth-order valence-electron chi connectivity index (χ4n) is 0.835. The Morgan fingerprint density at radius 1 is 1.64 bits per heavy atom. The quantitative estimate of drug-likeness (QED) is 0.708. The Labute approximate surface area is 67.4 Å². The summed E-state index contributed by atoms with van der Waals surface area (Å²) in [7, 11) is 2.11. The van der Waals surface area contributed by atoms with Crippen molar-refractivity contribution in [1.82, 2.24) is 15.1 Å². The van der Waals surface area contributed by atoms with Gasteiger partial charge in [-0.2, -0.15) is 5.10 Å². The van der Waals surface area contributed by atoms with E-state index in [1.807, 2.05) is 12.4 Å². The first-order valence-electron chi connectivity index (χ1n) is 3.88. The standard InChI is InChI=1S/C8H15N3/c1-7(2)11(3)6-8-4-9-10-5-8/h4-5,7H,6H2,1-3H3,(H,9,10). The van der Waals surface area contributed by atoms with Gasteiger partial charge in [-0.05, 0) is 20.9 Å². The number of nitrogens with one attached hydrogen (secondary N) is 1. The highest BCUT2D eigenvalue weighted by Crippen LogP contribution is 2.02. The lowest BCUT2D eigenvalue weighted by Gasteiger charge is -2.19. The van der Waals surface area contributed by atoms with Crippen molar-refractivity contribution in [3.63, 3.8) is 0 Å². The van der Waals surface area contributed by atoms with Crippen molar-refractivity contribution in [2.45, 2.75) is 26.4 Å². The molecular weight excluding hydrogens is 138 g/mol. The maximum Gasteiger partial charge on any atom is 0.0532 e. The molecule has 0 atom stereocenters. The average molecular weight is 153 g/mol. The maximum absolute atomic E-state index is 3.88. The van der Waals surface area contributed by atoms with Crippen molar-refractivity contribution in [1.29, 1.82) is 0 Å². The van der Waals surface area contributed by atoms with Gasteiger partial charge in [-0.25, -0.2) is 0 Å². The predicted octanol–water partition coefficient (Wildman–Crippen LogP) is 1.25. The summed E-state index contributed by atoms with van der Waals surface area (Å²) in [6.07, 6.45) is 3.79. The molecule has 0 spiro atoms. The zero-order valence-corrected chi connectivity index (χ0v) is 7.33. The summed E-state index contributed by atoms with van der Waals surface area (Å²) in [5.41, 5.74) is 1.24. The summed E-state index contributed by atoms with van der Waals surface area (Å²) in [4.78, 5) is 2.27. The summed E-state index contributed by atoms with van der Waals surface area (Å²) in [5.74, 6) is 0. The fourth-order valence-corrected chi connectivity index (χ4v) is 0.835. The highest BCUT2D eigenvalue weighted by atomic mass is 15.1. The molecule has 62 valence electrons. The smallest absolute Gasteiger partial charge is 0.0532 e. The van der Waals surface area contributed by atoms with Crippen LogP contribution in [0.2, 0.25) is 0 Å². The number of H-pyrrole nitrogens is 1.